The number of carbonyl (C=O) groups is 2. The van der Waals surface area contributed by atoms with Gasteiger partial charge in [0.1, 0.15) is 12.4 Å². The van der Waals surface area contributed by atoms with Crippen molar-refractivity contribution in [2.45, 2.75) is 31.8 Å². The summed E-state index contributed by atoms with van der Waals surface area (Å²) in [5.41, 5.74) is 0. The molecule has 3 unspecified atom stereocenters. The molecule has 2 fully saturated rings. The van der Waals surface area contributed by atoms with E-state index in [1.807, 2.05) is 0 Å². The van der Waals surface area contributed by atoms with Gasteiger partial charge < -0.3 is 9.53 Å². The molecule has 3 heteroatoms. The van der Waals surface area contributed by atoms with Crippen molar-refractivity contribution in [1.29, 1.82) is 0 Å². The van der Waals surface area contributed by atoms with E-state index in [1.54, 1.807) is 0 Å². The molecule has 0 aromatic rings. The van der Waals surface area contributed by atoms with Gasteiger partial charge in [-0.05, 0) is 18.8 Å². The molecule has 0 amide bonds. The van der Waals surface area contributed by atoms with Gasteiger partial charge in [-0.15, -0.1) is 0 Å². The van der Waals surface area contributed by atoms with E-state index in [-0.39, 0.29) is 12.1 Å². The standard InChI is InChI=1S/C9H12O3/c10-4-3-7-6-1-2-8(7)12-9(11)5-6/h4,6-8H,1-3,5H2. The van der Waals surface area contributed by atoms with Crippen LogP contribution in [0.5, 0.6) is 0 Å². The van der Waals surface area contributed by atoms with Gasteiger partial charge in [0.05, 0.1) is 0 Å². The Balaban J connectivity index is 2.08. The molecule has 1 aliphatic heterocycles. The number of hydrogen-bond acceptors (Lipinski definition) is 3. The highest BCUT2D eigenvalue weighted by molar-refractivity contribution is 5.71. The predicted octanol–water partition coefficient (Wildman–Crippen LogP) is 0.917. The molecule has 66 valence electrons. The fourth-order valence-corrected chi connectivity index (χ4v) is 2.40. The van der Waals surface area contributed by atoms with Gasteiger partial charge in [-0.25, -0.2) is 0 Å². The van der Waals surface area contributed by atoms with Crippen LogP contribution in [-0.2, 0) is 14.3 Å². The normalized spacial score (nSPS) is 39.3. The van der Waals surface area contributed by atoms with Gasteiger partial charge in [-0.3, -0.25) is 4.79 Å². The number of carbonyl (C=O) groups excluding carboxylic acids is 2. The van der Waals surface area contributed by atoms with Gasteiger partial charge in [0.15, 0.2) is 0 Å². The molecule has 2 aliphatic rings. The molecule has 0 spiro atoms. The molecular weight excluding hydrogens is 156 g/mol. The van der Waals surface area contributed by atoms with Crippen LogP contribution >= 0.6 is 0 Å². The summed E-state index contributed by atoms with van der Waals surface area (Å²) in [6.45, 7) is 0. The lowest BCUT2D eigenvalue weighted by molar-refractivity contribution is -0.158. The van der Waals surface area contributed by atoms with E-state index in [4.69, 9.17) is 4.74 Å². The first-order valence-electron chi connectivity index (χ1n) is 4.44. The Hall–Kier alpha value is -0.860. The van der Waals surface area contributed by atoms with E-state index >= 15 is 0 Å². The van der Waals surface area contributed by atoms with Crippen molar-refractivity contribution < 1.29 is 14.3 Å². The van der Waals surface area contributed by atoms with Gasteiger partial charge in [0, 0.05) is 18.8 Å². The maximum Gasteiger partial charge on any atom is 0.306 e. The minimum Gasteiger partial charge on any atom is -0.462 e. The molecule has 1 saturated carbocycles. The summed E-state index contributed by atoms with van der Waals surface area (Å²) >= 11 is 0. The van der Waals surface area contributed by atoms with Gasteiger partial charge in [0.25, 0.3) is 0 Å². The second-order valence-electron chi connectivity index (χ2n) is 3.64. The number of esters is 1. The Labute approximate surface area is 71.1 Å². The summed E-state index contributed by atoms with van der Waals surface area (Å²) in [5, 5.41) is 0. The summed E-state index contributed by atoms with van der Waals surface area (Å²) in [4.78, 5) is 21.3. The summed E-state index contributed by atoms with van der Waals surface area (Å²) in [7, 11) is 0. The largest absolute Gasteiger partial charge is 0.462 e. The van der Waals surface area contributed by atoms with Crippen molar-refractivity contribution in [2.24, 2.45) is 11.8 Å². The molecule has 0 aromatic carbocycles. The highest BCUT2D eigenvalue weighted by Crippen LogP contribution is 2.41. The van der Waals surface area contributed by atoms with Crippen molar-refractivity contribution >= 4 is 12.3 Å². The molecule has 2 bridgehead atoms. The summed E-state index contributed by atoms with van der Waals surface area (Å²) in [6, 6.07) is 0. The average Bonchev–Trinajstić information content (AvgIpc) is 2.32. The van der Waals surface area contributed by atoms with Crippen molar-refractivity contribution in [2.75, 3.05) is 0 Å². The Morgan fingerprint density at radius 1 is 1.50 bits per heavy atom. The Kier molecular flexibility index (Phi) is 1.87. The number of ether oxygens (including phenoxy) is 1. The van der Waals surface area contributed by atoms with E-state index < -0.39 is 0 Å². The zero-order valence-electron chi connectivity index (χ0n) is 6.86. The van der Waals surface area contributed by atoms with Crippen LogP contribution in [0.15, 0.2) is 0 Å². The number of aldehydes is 1. The topological polar surface area (TPSA) is 43.4 Å². The minimum absolute atomic E-state index is 0.0430. The Bertz CT molecular complexity index is 196. The first kappa shape index (κ1) is 7.77. The molecule has 1 saturated heterocycles. The third-order valence-corrected chi connectivity index (χ3v) is 2.99. The van der Waals surface area contributed by atoms with E-state index in [0.717, 1.165) is 19.1 Å². The summed E-state index contributed by atoms with van der Waals surface area (Å²) < 4.78 is 5.14. The zero-order chi connectivity index (χ0) is 8.55. The molecule has 0 aromatic heterocycles. The third kappa shape index (κ3) is 1.13. The van der Waals surface area contributed by atoms with Crippen LogP contribution in [0.1, 0.15) is 25.7 Å². The molecule has 1 aliphatic carbocycles. The average molecular weight is 168 g/mol. The first-order valence-corrected chi connectivity index (χ1v) is 4.44. The molecule has 12 heavy (non-hydrogen) atoms. The van der Waals surface area contributed by atoms with Crippen LogP contribution in [0.3, 0.4) is 0 Å². The van der Waals surface area contributed by atoms with E-state index in [1.165, 1.54) is 0 Å². The Morgan fingerprint density at radius 2 is 2.33 bits per heavy atom. The van der Waals surface area contributed by atoms with Crippen LogP contribution in [0.4, 0.5) is 0 Å². The number of fused-ring (bicyclic) bond motifs is 2. The monoisotopic (exact) mass is 168 g/mol. The van der Waals surface area contributed by atoms with Crippen LogP contribution in [0, 0.1) is 11.8 Å². The van der Waals surface area contributed by atoms with E-state index in [0.29, 0.717) is 24.7 Å². The molecule has 0 N–H and O–H groups in total. The van der Waals surface area contributed by atoms with E-state index in [2.05, 4.69) is 0 Å². The quantitative estimate of drug-likeness (QED) is 0.455. The molecule has 3 nitrogen and oxygen atoms in total. The smallest absolute Gasteiger partial charge is 0.306 e. The van der Waals surface area contributed by atoms with E-state index in [9.17, 15) is 9.59 Å². The lowest BCUT2D eigenvalue weighted by Gasteiger charge is -2.27. The zero-order valence-corrected chi connectivity index (χ0v) is 6.86. The number of hydrogen-bond donors (Lipinski definition) is 0. The SMILES string of the molecule is O=CCC1C2CCC1OC(=O)C2. The van der Waals surface area contributed by atoms with Crippen molar-refractivity contribution in [3.63, 3.8) is 0 Å². The summed E-state index contributed by atoms with van der Waals surface area (Å²) in [6.07, 6.45) is 4.07. The molecule has 2 rings (SSSR count). The molecule has 1 heterocycles. The van der Waals surface area contributed by atoms with Gasteiger partial charge in [-0.1, -0.05) is 0 Å². The highest BCUT2D eigenvalue weighted by atomic mass is 16.5. The van der Waals surface area contributed by atoms with Crippen LogP contribution in [0.25, 0.3) is 0 Å². The number of rotatable bonds is 2. The first-order chi connectivity index (χ1) is 5.81. The fourth-order valence-electron chi connectivity index (χ4n) is 2.40. The van der Waals surface area contributed by atoms with Crippen molar-refractivity contribution in [1.82, 2.24) is 0 Å². The third-order valence-electron chi connectivity index (χ3n) is 2.99. The van der Waals surface area contributed by atoms with Crippen LogP contribution in [0.2, 0.25) is 0 Å². The second-order valence-corrected chi connectivity index (χ2v) is 3.64. The van der Waals surface area contributed by atoms with Gasteiger partial charge in [0.2, 0.25) is 0 Å². The Morgan fingerprint density at radius 3 is 3.00 bits per heavy atom. The second kappa shape index (κ2) is 2.88. The highest BCUT2D eigenvalue weighted by Gasteiger charge is 2.43. The van der Waals surface area contributed by atoms with Crippen LogP contribution in [-0.4, -0.2) is 18.4 Å². The molecule has 3 atom stereocenters. The summed E-state index contributed by atoms with van der Waals surface area (Å²) in [5.74, 6) is 0.659. The lowest BCUT2D eigenvalue weighted by Crippen LogP contribution is -2.32. The maximum absolute atomic E-state index is 11.0. The maximum atomic E-state index is 11.0. The minimum atomic E-state index is -0.0790. The van der Waals surface area contributed by atoms with Crippen molar-refractivity contribution in [3.8, 4) is 0 Å². The van der Waals surface area contributed by atoms with Gasteiger partial charge in [-0.2, -0.15) is 0 Å². The van der Waals surface area contributed by atoms with Crippen molar-refractivity contribution in [3.05, 3.63) is 0 Å². The fraction of sp³-hybridized carbons (Fsp3) is 0.778. The van der Waals surface area contributed by atoms with Gasteiger partial charge >= 0.3 is 5.97 Å². The predicted molar refractivity (Wildman–Crippen MR) is 41.4 cm³/mol. The lowest BCUT2D eigenvalue weighted by atomic mass is 9.88. The van der Waals surface area contributed by atoms with Crippen LogP contribution < -0.4 is 0 Å². The molecule has 0 radical (unpaired) electrons. The molecular formula is C9H12O3.